The van der Waals surface area contributed by atoms with Gasteiger partial charge in [-0.05, 0) is 56.2 Å². The van der Waals surface area contributed by atoms with Crippen molar-refractivity contribution in [3.8, 4) is 5.75 Å². The number of amides is 1. The van der Waals surface area contributed by atoms with Crippen LogP contribution in [0.15, 0.2) is 41.3 Å². The van der Waals surface area contributed by atoms with Gasteiger partial charge in [0.05, 0.1) is 0 Å². The second kappa shape index (κ2) is 6.42. The molecule has 0 saturated carbocycles. The monoisotopic (exact) mass is 333 g/mol. The highest BCUT2D eigenvalue weighted by atomic mass is 32.2. The lowest BCUT2D eigenvalue weighted by molar-refractivity contribution is -0.114. The molecule has 0 saturated heterocycles. The van der Waals surface area contributed by atoms with Crippen LogP contribution in [0.1, 0.15) is 23.6 Å². The summed E-state index contributed by atoms with van der Waals surface area (Å²) >= 11 is 0. The number of hydrogen-bond donors (Lipinski definition) is 1. The maximum absolute atomic E-state index is 12.4. The van der Waals surface area contributed by atoms with Crippen molar-refractivity contribution in [1.29, 1.82) is 0 Å². The van der Waals surface area contributed by atoms with Gasteiger partial charge in [0, 0.05) is 12.6 Å². The first-order valence-corrected chi connectivity index (χ1v) is 8.50. The maximum Gasteiger partial charge on any atom is 0.339 e. The molecule has 0 radical (unpaired) electrons. The number of rotatable bonds is 4. The van der Waals surface area contributed by atoms with Crippen LogP contribution in [0.2, 0.25) is 0 Å². The fraction of sp³-hybridized carbons (Fsp3) is 0.235. The summed E-state index contributed by atoms with van der Waals surface area (Å²) in [5, 5.41) is 2.58. The number of carbonyl (C=O) groups excluding carboxylic acids is 1. The van der Waals surface area contributed by atoms with Crippen molar-refractivity contribution >= 4 is 21.7 Å². The molecule has 0 spiro atoms. The van der Waals surface area contributed by atoms with Crippen molar-refractivity contribution in [2.45, 2.75) is 32.6 Å². The molecule has 0 bridgehead atoms. The number of benzene rings is 2. The minimum absolute atomic E-state index is 0.0333. The lowest BCUT2D eigenvalue weighted by atomic mass is 10.1. The molecule has 122 valence electrons. The molecule has 2 aromatic rings. The molecule has 5 nitrogen and oxygen atoms in total. The van der Waals surface area contributed by atoms with E-state index < -0.39 is 10.1 Å². The van der Waals surface area contributed by atoms with Gasteiger partial charge < -0.3 is 9.50 Å². The predicted octanol–water partition coefficient (Wildman–Crippen LogP) is 3.34. The Morgan fingerprint density at radius 1 is 1.00 bits per heavy atom. The van der Waals surface area contributed by atoms with Crippen LogP contribution in [-0.2, 0) is 14.9 Å². The molecule has 1 N–H and O–H groups in total. The molecule has 0 heterocycles. The zero-order valence-electron chi connectivity index (χ0n) is 13.5. The zero-order chi connectivity index (χ0) is 17.2. The largest absolute Gasteiger partial charge is 0.378 e. The zero-order valence-corrected chi connectivity index (χ0v) is 14.3. The first-order chi connectivity index (χ1) is 10.7. The van der Waals surface area contributed by atoms with E-state index in [1.807, 2.05) is 32.9 Å². The Labute approximate surface area is 136 Å². The quantitative estimate of drug-likeness (QED) is 0.871. The lowest BCUT2D eigenvalue weighted by Crippen LogP contribution is -2.12. The third-order valence-electron chi connectivity index (χ3n) is 3.26. The summed E-state index contributed by atoms with van der Waals surface area (Å²) in [7, 11) is -3.93. The molecule has 23 heavy (non-hydrogen) atoms. The van der Waals surface area contributed by atoms with Crippen molar-refractivity contribution in [1.82, 2.24) is 0 Å². The first-order valence-electron chi connectivity index (χ1n) is 7.09. The van der Waals surface area contributed by atoms with Crippen LogP contribution in [0.3, 0.4) is 0 Å². The van der Waals surface area contributed by atoms with Gasteiger partial charge in [-0.1, -0.05) is 17.7 Å². The van der Waals surface area contributed by atoms with Crippen LogP contribution in [0, 0.1) is 20.8 Å². The van der Waals surface area contributed by atoms with Crippen LogP contribution >= 0.6 is 0 Å². The van der Waals surface area contributed by atoms with Crippen molar-refractivity contribution in [3.63, 3.8) is 0 Å². The van der Waals surface area contributed by atoms with Gasteiger partial charge in [0.2, 0.25) is 5.91 Å². The lowest BCUT2D eigenvalue weighted by Gasteiger charge is -2.13. The summed E-state index contributed by atoms with van der Waals surface area (Å²) in [6.07, 6.45) is 0. The highest BCUT2D eigenvalue weighted by Gasteiger charge is 2.19. The van der Waals surface area contributed by atoms with Gasteiger partial charge in [0.25, 0.3) is 0 Å². The smallest absolute Gasteiger partial charge is 0.339 e. The Balaban J connectivity index is 2.31. The Morgan fingerprint density at radius 2 is 1.52 bits per heavy atom. The topological polar surface area (TPSA) is 72.5 Å². The first kappa shape index (κ1) is 17.0. The highest BCUT2D eigenvalue weighted by molar-refractivity contribution is 7.87. The van der Waals surface area contributed by atoms with E-state index in [1.165, 1.54) is 31.2 Å². The highest BCUT2D eigenvalue weighted by Crippen LogP contribution is 2.28. The van der Waals surface area contributed by atoms with Gasteiger partial charge >= 0.3 is 10.1 Å². The van der Waals surface area contributed by atoms with E-state index in [-0.39, 0.29) is 10.8 Å². The van der Waals surface area contributed by atoms with Crippen molar-refractivity contribution in [2.75, 3.05) is 5.32 Å². The minimum Gasteiger partial charge on any atom is -0.378 e. The van der Waals surface area contributed by atoms with E-state index >= 15 is 0 Å². The molecule has 0 unspecified atom stereocenters. The van der Waals surface area contributed by atoms with Gasteiger partial charge in [-0.15, -0.1) is 0 Å². The fourth-order valence-corrected chi connectivity index (χ4v) is 3.41. The summed E-state index contributed by atoms with van der Waals surface area (Å²) in [5.74, 6) is 0.129. The normalized spacial score (nSPS) is 11.1. The Bertz CT molecular complexity index is 816. The molecule has 6 heteroatoms. The van der Waals surface area contributed by atoms with E-state index in [4.69, 9.17) is 4.18 Å². The SMILES string of the molecule is CC(=O)Nc1ccc(S(=O)(=O)Oc2c(C)cc(C)cc2C)cc1. The average molecular weight is 333 g/mol. The standard InChI is InChI=1S/C17H19NO4S/c1-11-9-12(2)17(13(3)10-11)22-23(20,21)16-7-5-15(6-8-16)18-14(4)19/h5-10H,1-4H3,(H,18,19). The summed E-state index contributed by atoms with van der Waals surface area (Å²) < 4.78 is 30.1. The Hall–Kier alpha value is -2.34. The number of carbonyl (C=O) groups is 1. The molecule has 0 aliphatic heterocycles. The van der Waals surface area contributed by atoms with E-state index in [0.717, 1.165) is 16.7 Å². The molecule has 2 aromatic carbocycles. The van der Waals surface area contributed by atoms with Crippen LogP contribution in [0.5, 0.6) is 5.75 Å². The van der Waals surface area contributed by atoms with Crippen molar-refractivity contribution in [2.24, 2.45) is 0 Å². The van der Waals surface area contributed by atoms with Crippen LogP contribution < -0.4 is 9.50 Å². The minimum atomic E-state index is -3.93. The summed E-state index contributed by atoms with van der Waals surface area (Å²) in [5.41, 5.74) is 3.10. The van der Waals surface area contributed by atoms with Gasteiger partial charge in [0.1, 0.15) is 10.6 Å². The van der Waals surface area contributed by atoms with Crippen LogP contribution in [0.25, 0.3) is 0 Å². The summed E-state index contributed by atoms with van der Waals surface area (Å²) in [4.78, 5) is 11.0. The second-order valence-corrected chi connectivity index (χ2v) is 7.02. The summed E-state index contributed by atoms with van der Waals surface area (Å²) in [6.45, 7) is 6.95. The molecule has 0 fully saturated rings. The molecular formula is C17H19NO4S. The molecule has 2 rings (SSSR count). The maximum atomic E-state index is 12.4. The van der Waals surface area contributed by atoms with Gasteiger partial charge in [0.15, 0.2) is 0 Å². The number of hydrogen-bond acceptors (Lipinski definition) is 4. The average Bonchev–Trinajstić information content (AvgIpc) is 2.43. The second-order valence-electron chi connectivity index (χ2n) is 5.47. The van der Waals surface area contributed by atoms with Crippen LogP contribution in [0.4, 0.5) is 5.69 Å². The Kier molecular flexibility index (Phi) is 4.75. The van der Waals surface area contributed by atoms with E-state index in [1.54, 1.807) is 0 Å². The molecule has 0 aliphatic carbocycles. The van der Waals surface area contributed by atoms with Crippen molar-refractivity contribution in [3.05, 3.63) is 53.1 Å². The molecule has 0 atom stereocenters. The van der Waals surface area contributed by atoms with Gasteiger partial charge in [-0.2, -0.15) is 8.42 Å². The van der Waals surface area contributed by atoms with E-state index in [0.29, 0.717) is 11.4 Å². The molecule has 0 aromatic heterocycles. The number of anilines is 1. The molecular weight excluding hydrogens is 314 g/mol. The van der Waals surface area contributed by atoms with E-state index in [2.05, 4.69) is 5.32 Å². The van der Waals surface area contributed by atoms with Gasteiger partial charge in [-0.3, -0.25) is 4.79 Å². The fourth-order valence-electron chi connectivity index (χ4n) is 2.36. The third kappa shape index (κ3) is 4.10. The van der Waals surface area contributed by atoms with Crippen molar-refractivity contribution < 1.29 is 17.4 Å². The Morgan fingerprint density at radius 3 is 2.00 bits per heavy atom. The molecule has 0 aliphatic rings. The van der Waals surface area contributed by atoms with E-state index in [9.17, 15) is 13.2 Å². The van der Waals surface area contributed by atoms with Crippen LogP contribution in [-0.4, -0.2) is 14.3 Å². The number of nitrogens with one attached hydrogen (secondary N) is 1. The van der Waals surface area contributed by atoms with Gasteiger partial charge in [-0.25, -0.2) is 0 Å². The number of aryl methyl sites for hydroxylation is 3. The summed E-state index contributed by atoms with van der Waals surface area (Å²) in [6, 6.07) is 9.59. The molecule has 1 amide bonds. The third-order valence-corrected chi connectivity index (χ3v) is 4.50. The predicted molar refractivity (Wildman–Crippen MR) is 89.2 cm³/mol.